The van der Waals surface area contributed by atoms with Crippen molar-refractivity contribution in [2.45, 2.75) is 12.5 Å². The Morgan fingerprint density at radius 1 is 1.55 bits per heavy atom. The highest BCUT2D eigenvalue weighted by atomic mass is 35.5. The van der Waals surface area contributed by atoms with Crippen LogP contribution in [0.2, 0.25) is 10.3 Å². The molecule has 1 aromatic heterocycles. The average Bonchev–Trinajstić information content (AvgIpc) is 2.95. The Morgan fingerprint density at radius 3 is 3.00 bits per heavy atom. The molecule has 5 nitrogen and oxygen atoms in total. The fraction of sp³-hybridized carbons (Fsp3) is 0.583. The standard InChI is InChI=1S/C12H15Cl2N3O2S/c1-19-4-3-17(8-2-5-20-7-8)12(18)9-6-10(13)15-16-11(9)14/h6,8H,2-5,7H2,1H3. The molecular weight excluding hydrogens is 321 g/mol. The third kappa shape index (κ3) is 3.75. The Bertz CT molecular complexity index is 484. The number of carbonyl (C=O) groups excluding carboxylic acids is 1. The van der Waals surface area contributed by atoms with Crippen molar-refractivity contribution in [1.29, 1.82) is 0 Å². The number of amides is 1. The zero-order valence-corrected chi connectivity index (χ0v) is 13.3. The van der Waals surface area contributed by atoms with Gasteiger partial charge in [0.25, 0.3) is 5.91 Å². The molecule has 1 amide bonds. The molecule has 1 atom stereocenters. The highest BCUT2D eigenvalue weighted by Crippen LogP contribution is 2.25. The van der Waals surface area contributed by atoms with Crippen LogP contribution >= 0.6 is 35.0 Å². The third-order valence-electron chi connectivity index (χ3n) is 3.09. The van der Waals surface area contributed by atoms with Crippen molar-refractivity contribution >= 4 is 40.9 Å². The van der Waals surface area contributed by atoms with E-state index in [1.807, 2.05) is 11.8 Å². The van der Waals surface area contributed by atoms with Crippen molar-refractivity contribution in [3.8, 4) is 0 Å². The molecule has 110 valence electrons. The predicted octanol–water partition coefficient (Wildman–Crippen LogP) is 2.38. The number of ether oxygens (including phenoxy) is 1. The van der Waals surface area contributed by atoms with Gasteiger partial charge in [0.1, 0.15) is 0 Å². The number of thioether (sulfide) groups is 1. The summed E-state index contributed by atoms with van der Waals surface area (Å²) < 4.78 is 5.08. The summed E-state index contributed by atoms with van der Waals surface area (Å²) in [6.45, 7) is 1.01. The Labute approximate surface area is 132 Å². The van der Waals surface area contributed by atoms with Gasteiger partial charge in [-0.25, -0.2) is 0 Å². The zero-order chi connectivity index (χ0) is 14.5. The van der Waals surface area contributed by atoms with Crippen LogP contribution in [0.5, 0.6) is 0 Å². The number of hydrogen-bond acceptors (Lipinski definition) is 5. The molecule has 2 rings (SSSR count). The maximum Gasteiger partial charge on any atom is 0.257 e. The summed E-state index contributed by atoms with van der Waals surface area (Å²) in [5.74, 6) is 1.82. The predicted molar refractivity (Wildman–Crippen MR) is 80.7 cm³/mol. The highest BCUT2D eigenvalue weighted by molar-refractivity contribution is 7.99. The fourth-order valence-electron chi connectivity index (χ4n) is 2.07. The molecule has 0 bridgehead atoms. The summed E-state index contributed by atoms with van der Waals surface area (Å²) in [7, 11) is 1.61. The lowest BCUT2D eigenvalue weighted by Crippen LogP contribution is -2.42. The molecule has 1 fully saturated rings. The molecule has 1 aliphatic heterocycles. The summed E-state index contributed by atoms with van der Waals surface area (Å²) >= 11 is 13.6. The number of rotatable bonds is 5. The average molecular weight is 336 g/mol. The van der Waals surface area contributed by atoms with Crippen LogP contribution in [0.4, 0.5) is 0 Å². The van der Waals surface area contributed by atoms with Gasteiger partial charge in [0.15, 0.2) is 10.3 Å². The molecule has 1 unspecified atom stereocenters. The molecule has 8 heteroatoms. The van der Waals surface area contributed by atoms with E-state index in [0.29, 0.717) is 18.7 Å². The summed E-state index contributed by atoms with van der Waals surface area (Å²) in [5.41, 5.74) is 0.291. The van der Waals surface area contributed by atoms with E-state index >= 15 is 0 Å². The topological polar surface area (TPSA) is 55.3 Å². The first-order valence-electron chi connectivity index (χ1n) is 6.20. The minimum atomic E-state index is -0.170. The molecule has 0 radical (unpaired) electrons. The molecule has 1 aliphatic rings. The van der Waals surface area contributed by atoms with Crippen molar-refractivity contribution in [3.63, 3.8) is 0 Å². The number of halogens is 2. The van der Waals surface area contributed by atoms with Gasteiger partial charge in [0, 0.05) is 25.4 Å². The van der Waals surface area contributed by atoms with Gasteiger partial charge in [-0.2, -0.15) is 11.8 Å². The van der Waals surface area contributed by atoms with Crippen LogP contribution in [-0.4, -0.2) is 58.8 Å². The van der Waals surface area contributed by atoms with Crippen LogP contribution < -0.4 is 0 Å². The maximum absolute atomic E-state index is 12.7. The SMILES string of the molecule is COCCN(C(=O)c1cc(Cl)nnc1Cl)C1CCSC1. The number of nitrogens with zero attached hydrogens (tertiary/aromatic N) is 3. The largest absolute Gasteiger partial charge is 0.383 e. The molecule has 1 aromatic rings. The lowest BCUT2D eigenvalue weighted by atomic mass is 10.2. The van der Waals surface area contributed by atoms with E-state index in [2.05, 4.69) is 10.2 Å². The summed E-state index contributed by atoms with van der Waals surface area (Å²) in [6, 6.07) is 1.66. The van der Waals surface area contributed by atoms with E-state index in [1.165, 1.54) is 6.07 Å². The van der Waals surface area contributed by atoms with Crippen molar-refractivity contribution in [2.24, 2.45) is 0 Å². The monoisotopic (exact) mass is 335 g/mol. The molecule has 0 N–H and O–H groups in total. The first-order valence-corrected chi connectivity index (χ1v) is 8.11. The number of methoxy groups -OCH3 is 1. The maximum atomic E-state index is 12.7. The van der Waals surface area contributed by atoms with Crippen LogP contribution in [0.1, 0.15) is 16.8 Å². The second-order valence-corrected chi connectivity index (χ2v) is 6.28. The molecule has 2 heterocycles. The minimum Gasteiger partial charge on any atom is -0.383 e. The van der Waals surface area contributed by atoms with Crippen LogP contribution in [0, 0.1) is 0 Å². The zero-order valence-electron chi connectivity index (χ0n) is 11.0. The Hall–Kier alpha value is -0.560. The Balaban J connectivity index is 2.22. The minimum absolute atomic E-state index is 0.0764. The van der Waals surface area contributed by atoms with Crippen molar-refractivity contribution < 1.29 is 9.53 Å². The Morgan fingerprint density at radius 2 is 2.35 bits per heavy atom. The van der Waals surface area contributed by atoms with E-state index in [4.69, 9.17) is 27.9 Å². The van der Waals surface area contributed by atoms with Gasteiger partial charge in [-0.05, 0) is 18.2 Å². The van der Waals surface area contributed by atoms with Crippen LogP contribution in [0.15, 0.2) is 6.07 Å². The summed E-state index contributed by atoms with van der Waals surface area (Å²) in [4.78, 5) is 14.5. The molecule has 0 spiro atoms. The van der Waals surface area contributed by atoms with Crippen LogP contribution in [0.25, 0.3) is 0 Å². The van der Waals surface area contributed by atoms with Crippen LogP contribution in [-0.2, 0) is 4.74 Å². The lowest BCUT2D eigenvalue weighted by molar-refractivity contribution is 0.0624. The van der Waals surface area contributed by atoms with Gasteiger partial charge in [0.05, 0.1) is 12.2 Å². The normalized spacial score (nSPS) is 18.2. The van der Waals surface area contributed by atoms with E-state index in [1.54, 1.807) is 12.0 Å². The van der Waals surface area contributed by atoms with E-state index in [9.17, 15) is 4.79 Å². The van der Waals surface area contributed by atoms with Crippen molar-refractivity contribution in [1.82, 2.24) is 15.1 Å². The van der Waals surface area contributed by atoms with Crippen molar-refractivity contribution in [2.75, 3.05) is 31.8 Å². The van der Waals surface area contributed by atoms with Crippen LogP contribution in [0.3, 0.4) is 0 Å². The molecule has 20 heavy (non-hydrogen) atoms. The van der Waals surface area contributed by atoms with Gasteiger partial charge < -0.3 is 9.64 Å². The number of carbonyl (C=O) groups is 1. The second kappa shape index (κ2) is 7.45. The third-order valence-corrected chi connectivity index (χ3v) is 4.70. The van der Waals surface area contributed by atoms with Gasteiger partial charge in [-0.1, -0.05) is 23.2 Å². The van der Waals surface area contributed by atoms with Gasteiger partial charge in [-0.3, -0.25) is 4.79 Å². The van der Waals surface area contributed by atoms with Gasteiger partial charge in [-0.15, -0.1) is 10.2 Å². The fourth-order valence-corrected chi connectivity index (χ4v) is 3.61. The summed E-state index contributed by atoms with van der Waals surface area (Å²) in [5, 5.41) is 7.55. The van der Waals surface area contributed by atoms with E-state index in [-0.39, 0.29) is 22.3 Å². The molecule has 1 saturated heterocycles. The quantitative estimate of drug-likeness (QED) is 0.826. The lowest BCUT2D eigenvalue weighted by Gasteiger charge is -2.28. The van der Waals surface area contributed by atoms with Crippen molar-refractivity contribution in [3.05, 3.63) is 21.9 Å². The number of hydrogen-bond donors (Lipinski definition) is 0. The summed E-state index contributed by atoms with van der Waals surface area (Å²) in [6.07, 6.45) is 0.976. The van der Waals surface area contributed by atoms with E-state index in [0.717, 1.165) is 17.9 Å². The smallest absolute Gasteiger partial charge is 0.257 e. The molecule has 0 aromatic carbocycles. The first kappa shape index (κ1) is 15.8. The second-order valence-electron chi connectivity index (χ2n) is 4.38. The molecule has 0 aliphatic carbocycles. The molecule has 0 saturated carbocycles. The molecular formula is C12H15Cl2N3O2S. The Kier molecular flexibility index (Phi) is 5.89. The van der Waals surface area contributed by atoms with Gasteiger partial charge in [0.2, 0.25) is 0 Å². The first-order chi connectivity index (χ1) is 9.63. The highest BCUT2D eigenvalue weighted by Gasteiger charge is 2.29. The van der Waals surface area contributed by atoms with E-state index < -0.39 is 0 Å². The number of aromatic nitrogens is 2. The van der Waals surface area contributed by atoms with Gasteiger partial charge >= 0.3 is 0 Å².